The number of carbonyl (C=O) groups is 3. The van der Waals surface area contributed by atoms with Gasteiger partial charge in [-0.2, -0.15) is 0 Å². The van der Waals surface area contributed by atoms with Crippen molar-refractivity contribution in [2.45, 2.75) is 17.8 Å². The predicted molar refractivity (Wildman–Crippen MR) is 161 cm³/mol. The number of H-pyrrole nitrogens is 1. The third-order valence-corrected chi connectivity index (χ3v) is 9.43. The number of ether oxygens (including phenoxy) is 1. The molecule has 10 nitrogen and oxygen atoms in total. The van der Waals surface area contributed by atoms with E-state index in [-0.39, 0.29) is 36.2 Å². The molecule has 1 fully saturated rings. The standard InChI is InChI=1S/C28H20Cl2N4O6S2/c29-14-3-5-19-17(8-14)25(36)33-24(31-19)18-9-15(30)4-6-20(18)40-11-13-12-42-27-22(26(37)34(27)23(13)28(38)39)32-21(35)10-16-2-1-7-41-16/h1-9,22,27H,10-12H2,(H,32,35)(H,38,39)(H,31,33,36)/t22-,27+/m1/s1. The molecule has 0 radical (unpaired) electrons. The van der Waals surface area contributed by atoms with Crippen molar-refractivity contribution >= 4 is 75.0 Å². The second-order valence-electron chi connectivity index (χ2n) is 9.47. The summed E-state index contributed by atoms with van der Waals surface area (Å²) in [5, 5.41) is 15.2. The van der Waals surface area contributed by atoms with E-state index in [0.29, 0.717) is 37.8 Å². The number of nitrogens with zero attached hydrogens (tertiary/aromatic N) is 2. The van der Waals surface area contributed by atoms with E-state index in [0.717, 1.165) is 4.88 Å². The molecule has 0 saturated carbocycles. The molecule has 0 bridgehead atoms. The third-order valence-electron chi connectivity index (χ3n) is 6.75. The topological polar surface area (TPSA) is 142 Å². The number of rotatable bonds is 8. The van der Waals surface area contributed by atoms with Crippen molar-refractivity contribution in [2.75, 3.05) is 12.4 Å². The fourth-order valence-corrected chi connectivity index (χ4v) is 7.18. The van der Waals surface area contributed by atoms with Gasteiger partial charge in [0, 0.05) is 26.2 Å². The van der Waals surface area contributed by atoms with Crippen molar-refractivity contribution in [1.29, 1.82) is 0 Å². The van der Waals surface area contributed by atoms with Gasteiger partial charge in [0.05, 0.1) is 22.9 Å². The highest BCUT2D eigenvalue weighted by molar-refractivity contribution is 8.00. The smallest absolute Gasteiger partial charge is 0.352 e. The number of amides is 2. The number of nitrogens with one attached hydrogen (secondary N) is 2. The maximum Gasteiger partial charge on any atom is 0.352 e. The van der Waals surface area contributed by atoms with Crippen LogP contribution in [0.25, 0.3) is 22.3 Å². The normalized spacial score (nSPS) is 18.0. The number of hydrogen-bond acceptors (Lipinski definition) is 8. The molecule has 0 aliphatic carbocycles. The van der Waals surface area contributed by atoms with E-state index in [1.54, 1.807) is 30.3 Å². The number of halogens is 2. The Kier molecular flexibility index (Phi) is 7.71. The molecule has 0 spiro atoms. The van der Waals surface area contributed by atoms with Gasteiger partial charge in [0.1, 0.15) is 35.3 Å². The molecule has 6 rings (SSSR count). The minimum atomic E-state index is -1.27. The lowest BCUT2D eigenvalue weighted by Gasteiger charge is -2.49. The zero-order chi connectivity index (χ0) is 29.5. The van der Waals surface area contributed by atoms with Gasteiger partial charge in [-0.25, -0.2) is 9.78 Å². The van der Waals surface area contributed by atoms with E-state index in [1.165, 1.54) is 34.1 Å². The highest BCUT2D eigenvalue weighted by atomic mass is 35.5. The van der Waals surface area contributed by atoms with Gasteiger partial charge in [-0.15, -0.1) is 23.1 Å². The molecule has 2 aliphatic rings. The highest BCUT2D eigenvalue weighted by Gasteiger charge is 2.54. The van der Waals surface area contributed by atoms with Crippen molar-refractivity contribution in [3.8, 4) is 17.1 Å². The number of hydrogen-bond donors (Lipinski definition) is 3. The Labute approximate surface area is 256 Å². The first-order valence-electron chi connectivity index (χ1n) is 12.5. The average Bonchev–Trinajstić information content (AvgIpc) is 3.47. The van der Waals surface area contributed by atoms with Crippen LogP contribution in [-0.4, -0.2) is 61.5 Å². The Morgan fingerprint density at radius 1 is 1.14 bits per heavy atom. The van der Waals surface area contributed by atoms with Crippen molar-refractivity contribution in [3.63, 3.8) is 0 Å². The number of benzene rings is 2. The van der Waals surface area contributed by atoms with E-state index in [2.05, 4.69) is 15.3 Å². The number of aliphatic carboxylic acids is 1. The number of fused-ring (bicyclic) bond motifs is 2. The summed E-state index contributed by atoms with van der Waals surface area (Å²) in [6.07, 6.45) is 0.147. The van der Waals surface area contributed by atoms with Crippen LogP contribution in [0.1, 0.15) is 4.88 Å². The molecule has 2 aromatic heterocycles. The van der Waals surface area contributed by atoms with Crippen LogP contribution in [0.5, 0.6) is 5.75 Å². The quantitative estimate of drug-likeness (QED) is 0.241. The highest BCUT2D eigenvalue weighted by Crippen LogP contribution is 2.41. The number of aromatic nitrogens is 2. The zero-order valence-corrected chi connectivity index (χ0v) is 24.6. The molecular formula is C28H20Cl2N4O6S2. The number of carboxylic acid groups (broad SMARTS) is 1. The van der Waals surface area contributed by atoms with Crippen LogP contribution in [0.3, 0.4) is 0 Å². The number of β-lactam (4-membered cyclic amide) rings is 1. The summed E-state index contributed by atoms with van der Waals surface area (Å²) in [4.78, 5) is 59.9. The summed E-state index contributed by atoms with van der Waals surface area (Å²) < 4.78 is 6.05. The first-order valence-corrected chi connectivity index (χ1v) is 15.2. The Hall–Kier alpha value is -3.84. The van der Waals surface area contributed by atoms with Crippen LogP contribution in [0.4, 0.5) is 0 Å². The molecule has 4 aromatic rings. The summed E-state index contributed by atoms with van der Waals surface area (Å²) in [7, 11) is 0. The van der Waals surface area contributed by atoms with E-state index >= 15 is 0 Å². The molecule has 214 valence electrons. The van der Waals surface area contributed by atoms with Crippen LogP contribution in [0.2, 0.25) is 10.0 Å². The number of carboxylic acids is 1. The van der Waals surface area contributed by atoms with Gasteiger partial charge >= 0.3 is 5.97 Å². The zero-order valence-electron chi connectivity index (χ0n) is 21.4. The SMILES string of the molecule is O=C(Cc1cccs1)N[C@@H]1C(=O)N2C(C(=O)O)=C(COc3ccc(Cl)cc3-c3nc4ccc(Cl)cc4c(=O)[nH]3)CS[C@@H]12. The third kappa shape index (κ3) is 5.38. The second-order valence-corrected chi connectivity index (χ2v) is 12.5. The summed E-state index contributed by atoms with van der Waals surface area (Å²) in [5.74, 6) is -1.30. The maximum absolute atomic E-state index is 13.0. The molecular weight excluding hydrogens is 623 g/mol. The van der Waals surface area contributed by atoms with E-state index in [9.17, 15) is 24.3 Å². The van der Waals surface area contributed by atoms with Crippen LogP contribution >= 0.6 is 46.3 Å². The van der Waals surface area contributed by atoms with E-state index in [4.69, 9.17) is 27.9 Å². The monoisotopic (exact) mass is 642 g/mol. The van der Waals surface area contributed by atoms with Gasteiger partial charge in [0.2, 0.25) is 5.91 Å². The lowest BCUT2D eigenvalue weighted by Crippen LogP contribution is -2.70. The second kappa shape index (κ2) is 11.4. The van der Waals surface area contributed by atoms with Gasteiger partial charge in [-0.3, -0.25) is 19.3 Å². The van der Waals surface area contributed by atoms with E-state index in [1.807, 2.05) is 17.5 Å². The minimum Gasteiger partial charge on any atom is -0.488 e. The van der Waals surface area contributed by atoms with Crippen molar-refractivity contribution in [2.24, 2.45) is 0 Å². The number of carbonyl (C=O) groups excluding carboxylic acids is 2. The Morgan fingerprint density at radius 2 is 1.93 bits per heavy atom. The molecule has 42 heavy (non-hydrogen) atoms. The molecule has 2 atom stereocenters. The molecule has 14 heteroatoms. The largest absolute Gasteiger partial charge is 0.488 e. The minimum absolute atomic E-state index is 0.147. The Bertz CT molecular complexity index is 1840. The van der Waals surface area contributed by atoms with Crippen LogP contribution in [0.15, 0.2) is 70.0 Å². The van der Waals surface area contributed by atoms with Crippen molar-refractivity contribution < 1.29 is 24.2 Å². The van der Waals surface area contributed by atoms with Crippen LogP contribution < -0.4 is 15.6 Å². The lowest BCUT2D eigenvalue weighted by atomic mass is 10.0. The molecule has 2 aliphatic heterocycles. The van der Waals surface area contributed by atoms with E-state index < -0.39 is 28.9 Å². The number of thiophene rings is 1. The maximum atomic E-state index is 13.0. The number of thioether (sulfide) groups is 1. The summed E-state index contributed by atoms with van der Waals surface area (Å²) in [6.45, 7) is -0.150. The molecule has 4 heterocycles. The Morgan fingerprint density at radius 3 is 2.69 bits per heavy atom. The number of aromatic amines is 1. The fraction of sp³-hybridized carbons (Fsp3) is 0.179. The fourth-order valence-electron chi connectivity index (χ4n) is 4.81. The molecule has 2 aromatic carbocycles. The first kappa shape index (κ1) is 28.3. The summed E-state index contributed by atoms with van der Waals surface area (Å²) >= 11 is 15.1. The molecule has 2 amide bonds. The van der Waals surface area contributed by atoms with Crippen molar-refractivity contribution in [1.82, 2.24) is 20.2 Å². The Balaban J connectivity index is 1.23. The van der Waals surface area contributed by atoms with Crippen molar-refractivity contribution in [3.05, 3.63) is 90.5 Å². The van der Waals surface area contributed by atoms with Gasteiger partial charge in [0.15, 0.2) is 0 Å². The molecule has 1 saturated heterocycles. The summed E-state index contributed by atoms with van der Waals surface area (Å²) in [5.41, 5.74) is 0.627. The summed E-state index contributed by atoms with van der Waals surface area (Å²) in [6, 6.07) is 12.4. The average molecular weight is 644 g/mol. The van der Waals surface area contributed by atoms with Gasteiger partial charge in [0.25, 0.3) is 11.5 Å². The molecule has 0 unspecified atom stereocenters. The van der Waals surface area contributed by atoms with Gasteiger partial charge in [-0.1, -0.05) is 29.3 Å². The van der Waals surface area contributed by atoms with Crippen LogP contribution in [-0.2, 0) is 20.8 Å². The predicted octanol–water partition coefficient (Wildman–Crippen LogP) is 4.32. The lowest BCUT2D eigenvalue weighted by molar-refractivity contribution is -0.150. The molecule has 3 N–H and O–H groups in total. The van der Waals surface area contributed by atoms with Crippen LogP contribution in [0, 0.1) is 0 Å². The van der Waals surface area contributed by atoms with Gasteiger partial charge < -0.3 is 20.1 Å². The van der Waals surface area contributed by atoms with Gasteiger partial charge in [-0.05, 0) is 47.8 Å². The first-order chi connectivity index (χ1) is 20.2.